The van der Waals surface area contributed by atoms with Gasteiger partial charge in [0.2, 0.25) is 0 Å². The second-order valence-corrected chi connectivity index (χ2v) is 9.96. The Morgan fingerprint density at radius 3 is 2.17 bits per heavy atom. The normalized spacial score (nSPS) is 11.2. The molecule has 4 heteroatoms. The standard InChI is InChI=1S/C25H32O2S2/c1-3-5-7-8-10-12-21-17-22-23(28-21)18-24(29-22)25(26)27-20-15-13-19(14-16-20)11-9-6-4-2/h13-18H,3-12H2,1-2H3. The minimum absolute atomic E-state index is 0.252. The molecular weight excluding hydrogens is 396 g/mol. The summed E-state index contributed by atoms with van der Waals surface area (Å²) in [5.74, 6) is 0.372. The summed E-state index contributed by atoms with van der Waals surface area (Å²) in [6, 6.07) is 12.2. The number of hydrogen-bond acceptors (Lipinski definition) is 4. The SMILES string of the molecule is CCCCCCCc1cc2sc(C(=O)Oc3ccc(CCCCC)cc3)cc2s1. The van der Waals surface area contributed by atoms with E-state index in [2.05, 4.69) is 32.0 Å². The van der Waals surface area contributed by atoms with Crippen molar-refractivity contribution in [1.29, 1.82) is 0 Å². The number of aryl methyl sites for hydroxylation is 2. The van der Waals surface area contributed by atoms with Crippen molar-refractivity contribution in [2.45, 2.75) is 78.1 Å². The Labute approximate surface area is 182 Å². The number of thiophene rings is 2. The van der Waals surface area contributed by atoms with Gasteiger partial charge in [-0.1, -0.05) is 64.5 Å². The zero-order valence-electron chi connectivity index (χ0n) is 17.7. The third-order valence-corrected chi connectivity index (χ3v) is 7.52. The molecule has 0 aliphatic rings. The molecular formula is C25H32O2S2. The molecule has 0 saturated carbocycles. The molecule has 2 heterocycles. The van der Waals surface area contributed by atoms with Crippen LogP contribution in [0, 0.1) is 0 Å². The van der Waals surface area contributed by atoms with Crippen LogP contribution in [0.5, 0.6) is 5.75 Å². The maximum atomic E-state index is 12.5. The average molecular weight is 429 g/mol. The van der Waals surface area contributed by atoms with Crippen molar-refractivity contribution < 1.29 is 9.53 Å². The van der Waals surface area contributed by atoms with Crippen molar-refractivity contribution in [2.24, 2.45) is 0 Å². The minimum Gasteiger partial charge on any atom is -0.422 e. The van der Waals surface area contributed by atoms with Gasteiger partial charge in [0.1, 0.15) is 10.6 Å². The predicted octanol–water partition coefficient (Wildman–Crippen LogP) is 8.43. The first-order valence-corrected chi connectivity index (χ1v) is 12.7. The van der Waals surface area contributed by atoms with Crippen LogP contribution in [0.15, 0.2) is 36.4 Å². The van der Waals surface area contributed by atoms with Crippen LogP contribution in [0.4, 0.5) is 0 Å². The lowest BCUT2D eigenvalue weighted by molar-refractivity contribution is 0.0740. The van der Waals surface area contributed by atoms with Crippen LogP contribution in [0.1, 0.15) is 85.3 Å². The highest BCUT2D eigenvalue weighted by atomic mass is 32.1. The van der Waals surface area contributed by atoms with Crippen LogP contribution in [0.25, 0.3) is 9.40 Å². The van der Waals surface area contributed by atoms with Crippen LogP contribution < -0.4 is 4.74 Å². The fourth-order valence-corrected chi connectivity index (χ4v) is 5.81. The van der Waals surface area contributed by atoms with Crippen LogP contribution in [0.2, 0.25) is 0 Å². The molecule has 1 aromatic carbocycles. The van der Waals surface area contributed by atoms with E-state index >= 15 is 0 Å². The van der Waals surface area contributed by atoms with E-state index in [0.717, 1.165) is 12.8 Å². The monoisotopic (exact) mass is 428 g/mol. The average Bonchev–Trinajstić information content (AvgIpc) is 3.28. The highest BCUT2D eigenvalue weighted by Crippen LogP contribution is 2.34. The topological polar surface area (TPSA) is 26.3 Å². The van der Waals surface area contributed by atoms with Gasteiger partial charge in [-0.2, -0.15) is 0 Å². The van der Waals surface area contributed by atoms with E-state index in [1.807, 2.05) is 29.5 Å². The first-order chi connectivity index (χ1) is 14.2. The molecule has 0 aliphatic carbocycles. The summed E-state index contributed by atoms with van der Waals surface area (Å²) in [5.41, 5.74) is 1.30. The van der Waals surface area contributed by atoms with E-state index in [9.17, 15) is 4.79 Å². The number of carbonyl (C=O) groups excluding carboxylic acids is 1. The molecule has 0 unspecified atom stereocenters. The van der Waals surface area contributed by atoms with Gasteiger partial charge in [0.25, 0.3) is 0 Å². The van der Waals surface area contributed by atoms with Gasteiger partial charge in [0.15, 0.2) is 0 Å². The summed E-state index contributed by atoms with van der Waals surface area (Å²) in [5, 5.41) is 0. The van der Waals surface area contributed by atoms with Crippen molar-refractivity contribution in [3.05, 3.63) is 51.7 Å². The van der Waals surface area contributed by atoms with E-state index in [-0.39, 0.29) is 5.97 Å². The molecule has 156 valence electrons. The summed E-state index contributed by atoms with van der Waals surface area (Å²) in [6.07, 6.45) is 12.5. The quantitative estimate of drug-likeness (QED) is 0.164. The first kappa shape index (κ1) is 22.0. The number of fused-ring (bicyclic) bond motifs is 1. The zero-order valence-corrected chi connectivity index (χ0v) is 19.3. The van der Waals surface area contributed by atoms with Gasteiger partial charge in [-0.3, -0.25) is 0 Å². The Kier molecular flexibility index (Phi) is 8.75. The molecule has 3 rings (SSSR count). The predicted molar refractivity (Wildman–Crippen MR) is 127 cm³/mol. The van der Waals surface area contributed by atoms with Crippen molar-refractivity contribution in [3.8, 4) is 5.75 Å². The van der Waals surface area contributed by atoms with E-state index in [1.54, 1.807) is 11.3 Å². The zero-order chi connectivity index (χ0) is 20.5. The van der Waals surface area contributed by atoms with Crippen LogP contribution in [-0.4, -0.2) is 5.97 Å². The Hall–Kier alpha value is -1.65. The maximum Gasteiger partial charge on any atom is 0.353 e. The van der Waals surface area contributed by atoms with Gasteiger partial charge >= 0.3 is 5.97 Å². The molecule has 0 amide bonds. The van der Waals surface area contributed by atoms with Gasteiger partial charge < -0.3 is 4.74 Å². The van der Waals surface area contributed by atoms with Crippen molar-refractivity contribution in [3.63, 3.8) is 0 Å². The van der Waals surface area contributed by atoms with Gasteiger partial charge in [0, 0.05) is 14.3 Å². The number of benzene rings is 1. The Bertz CT molecular complexity index is 858. The number of hydrogen-bond donors (Lipinski definition) is 0. The third-order valence-electron chi connectivity index (χ3n) is 5.19. The van der Waals surface area contributed by atoms with Crippen molar-refractivity contribution in [1.82, 2.24) is 0 Å². The molecule has 29 heavy (non-hydrogen) atoms. The molecule has 0 N–H and O–H groups in total. The number of unbranched alkanes of at least 4 members (excludes halogenated alkanes) is 6. The molecule has 0 bridgehead atoms. The lowest BCUT2D eigenvalue weighted by Gasteiger charge is -2.05. The van der Waals surface area contributed by atoms with Gasteiger partial charge in [-0.15, -0.1) is 22.7 Å². The largest absolute Gasteiger partial charge is 0.422 e. The molecule has 2 aromatic heterocycles. The smallest absolute Gasteiger partial charge is 0.353 e. The Morgan fingerprint density at radius 1 is 0.793 bits per heavy atom. The summed E-state index contributed by atoms with van der Waals surface area (Å²) < 4.78 is 8.00. The third kappa shape index (κ3) is 6.68. The minimum atomic E-state index is -0.252. The Morgan fingerprint density at radius 2 is 1.45 bits per heavy atom. The number of rotatable bonds is 12. The van der Waals surface area contributed by atoms with E-state index < -0.39 is 0 Å². The van der Waals surface area contributed by atoms with E-state index in [0.29, 0.717) is 10.6 Å². The van der Waals surface area contributed by atoms with Gasteiger partial charge in [-0.05, 0) is 55.5 Å². The van der Waals surface area contributed by atoms with E-state index in [1.165, 1.54) is 71.2 Å². The van der Waals surface area contributed by atoms with Crippen molar-refractivity contribution in [2.75, 3.05) is 0 Å². The highest BCUT2D eigenvalue weighted by molar-refractivity contribution is 7.28. The van der Waals surface area contributed by atoms with E-state index in [4.69, 9.17) is 4.74 Å². The van der Waals surface area contributed by atoms with Gasteiger partial charge in [-0.25, -0.2) is 4.79 Å². The van der Waals surface area contributed by atoms with Crippen molar-refractivity contribution >= 4 is 38.0 Å². The fraction of sp³-hybridized carbons (Fsp3) is 0.480. The number of ether oxygens (including phenoxy) is 1. The molecule has 0 radical (unpaired) electrons. The van der Waals surface area contributed by atoms with Crippen LogP contribution in [0.3, 0.4) is 0 Å². The molecule has 0 saturated heterocycles. The maximum absolute atomic E-state index is 12.5. The lowest BCUT2D eigenvalue weighted by atomic mass is 10.1. The summed E-state index contributed by atoms with van der Waals surface area (Å²) in [6.45, 7) is 4.46. The van der Waals surface area contributed by atoms with Gasteiger partial charge in [0.05, 0.1) is 0 Å². The Balaban J connectivity index is 1.52. The highest BCUT2D eigenvalue weighted by Gasteiger charge is 2.15. The number of esters is 1. The molecule has 0 spiro atoms. The first-order valence-electron chi connectivity index (χ1n) is 11.0. The summed E-state index contributed by atoms with van der Waals surface area (Å²) in [7, 11) is 0. The molecule has 3 aromatic rings. The molecule has 0 aliphatic heterocycles. The lowest BCUT2D eigenvalue weighted by Crippen LogP contribution is -2.06. The second-order valence-electron chi connectivity index (χ2n) is 7.71. The van der Waals surface area contributed by atoms with Crippen LogP contribution >= 0.6 is 22.7 Å². The molecule has 0 atom stereocenters. The second kappa shape index (κ2) is 11.5. The molecule has 2 nitrogen and oxygen atoms in total. The number of carbonyl (C=O) groups is 1. The molecule has 0 fully saturated rings. The summed E-state index contributed by atoms with van der Waals surface area (Å²) >= 11 is 3.36. The summed E-state index contributed by atoms with van der Waals surface area (Å²) in [4.78, 5) is 14.6. The van der Waals surface area contributed by atoms with Crippen LogP contribution in [-0.2, 0) is 12.8 Å². The fourth-order valence-electron chi connectivity index (χ4n) is 3.47.